The van der Waals surface area contributed by atoms with Crippen molar-refractivity contribution in [2.75, 3.05) is 32.4 Å². The molecule has 30 heavy (non-hydrogen) atoms. The molecule has 1 atom stereocenters. The third-order valence-electron chi connectivity index (χ3n) is 6.53. The number of hydrogen-bond acceptors (Lipinski definition) is 5. The molecule has 1 aromatic heterocycles. The number of aromatic nitrogens is 1. The third kappa shape index (κ3) is 4.60. The van der Waals surface area contributed by atoms with Crippen molar-refractivity contribution in [1.29, 1.82) is 0 Å². The molecule has 4 rings (SSSR count). The van der Waals surface area contributed by atoms with Gasteiger partial charge in [-0.05, 0) is 50.8 Å². The second-order valence-corrected chi connectivity index (χ2v) is 10.9. The van der Waals surface area contributed by atoms with Crippen LogP contribution >= 0.6 is 0 Å². The molecular formula is C22H30FN3O3S. The molecule has 0 bridgehead atoms. The largest absolute Gasteiger partial charge is 0.445 e. The van der Waals surface area contributed by atoms with Gasteiger partial charge in [0, 0.05) is 32.1 Å². The van der Waals surface area contributed by atoms with E-state index in [-0.39, 0.29) is 11.2 Å². The van der Waals surface area contributed by atoms with Gasteiger partial charge in [-0.2, -0.15) is 0 Å². The van der Waals surface area contributed by atoms with Crippen LogP contribution in [0, 0.1) is 5.82 Å². The van der Waals surface area contributed by atoms with E-state index in [0.717, 1.165) is 38.8 Å². The highest BCUT2D eigenvalue weighted by Gasteiger charge is 2.40. The summed E-state index contributed by atoms with van der Waals surface area (Å²) in [6, 6.07) is 7.12. The van der Waals surface area contributed by atoms with Crippen molar-refractivity contribution in [3.8, 4) is 0 Å². The van der Waals surface area contributed by atoms with E-state index in [9.17, 15) is 12.8 Å². The lowest BCUT2D eigenvalue weighted by molar-refractivity contribution is 0.0694. The summed E-state index contributed by atoms with van der Waals surface area (Å²) >= 11 is 0. The number of halogens is 1. The summed E-state index contributed by atoms with van der Waals surface area (Å²) in [5, 5.41) is 0. The lowest BCUT2D eigenvalue weighted by Gasteiger charge is -2.44. The van der Waals surface area contributed by atoms with Gasteiger partial charge in [0.15, 0.2) is 0 Å². The summed E-state index contributed by atoms with van der Waals surface area (Å²) in [5.41, 5.74) is 0.410. The van der Waals surface area contributed by atoms with E-state index >= 15 is 0 Å². The van der Waals surface area contributed by atoms with Crippen LogP contribution in [0.3, 0.4) is 0 Å². The first-order chi connectivity index (χ1) is 14.2. The molecule has 0 saturated carbocycles. The van der Waals surface area contributed by atoms with Crippen molar-refractivity contribution in [1.82, 2.24) is 14.2 Å². The molecule has 3 heterocycles. The molecule has 0 radical (unpaired) electrons. The molecule has 0 spiro atoms. The summed E-state index contributed by atoms with van der Waals surface area (Å²) in [7, 11) is -3.11. The Balaban J connectivity index is 1.42. The molecule has 0 N–H and O–H groups in total. The lowest BCUT2D eigenvalue weighted by Crippen LogP contribution is -2.52. The average molecular weight is 436 g/mol. The quantitative estimate of drug-likeness (QED) is 0.722. The van der Waals surface area contributed by atoms with E-state index in [0.29, 0.717) is 42.8 Å². The van der Waals surface area contributed by atoms with Crippen molar-refractivity contribution in [2.24, 2.45) is 0 Å². The Labute approximate surface area is 178 Å². The van der Waals surface area contributed by atoms with Gasteiger partial charge in [-0.25, -0.2) is 22.1 Å². The van der Waals surface area contributed by atoms with Crippen molar-refractivity contribution < 1.29 is 17.2 Å². The molecule has 164 valence electrons. The zero-order valence-corrected chi connectivity index (χ0v) is 18.5. The molecule has 6 nitrogen and oxygen atoms in total. The van der Waals surface area contributed by atoms with Gasteiger partial charge >= 0.3 is 0 Å². The second kappa shape index (κ2) is 8.40. The zero-order valence-electron chi connectivity index (χ0n) is 17.7. The molecular weight excluding hydrogens is 405 g/mol. The smallest absolute Gasteiger partial charge is 0.211 e. The molecule has 8 heteroatoms. The second-order valence-electron chi connectivity index (χ2n) is 8.93. The van der Waals surface area contributed by atoms with Gasteiger partial charge in [-0.15, -0.1) is 0 Å². The summed E-state index contributed by atoms with van der Waals surface area (Å²) < 4.78 is 45.2. The highest BCUT2D eigenvalue weighted by atomic mass is 32.2. The maximum absolute atomic E-state index is 14.0. The molecule has 2 aromatic rings. The van der Waals surface area contributed by atoms with E-state index in [2.05, 4.69) is 16.8 Å². The van der Waals surface area contributed by atoms with E-state index in [1.165, 1.54) is 12.3 Å². The summed E-state index contributed by atoms with van der Waals surface area (Å²) in [5.74, 6) is 1.16. The van der Waals surface area contributed by atoms with Gasteiger partial charge in [0.05, 0.1) is 17.9 Å². The van der Waals surface area contributed by atoms with Crippen LogP contribution in [0.4, 0.5) is 4.39 Å². The Morgan fingerprint density at radius 2 is 1.97 bits per heavy atom. The van der Waals surface area contributed by atoms with Gasteiger partial charge in [0.2, 0.25) is 15.9 Å². The van der Waals surface area contributed by atoms with Gasteiger partial charge in [-0.3, -0.25) is 4.90 Å². The number of sulfonamides is 1. The molecule has 2 aliphatic rings. The van der Waals surface area contributed by atoms with Crippen LogP contribution in [-0.2, 0) is 21.9 Å². The fourth-order valence-electron chi connectivity index (χ4n) is 4.80. The first-order valence-corrected chi connectivity index (χ1v) is 12.5. The number of benzene rings is 1. The molecule has 2 saturated heterocycles. The van der Waals surface area contributed by atoms with Gasteiger partial charge in [-0.1, -0.05) is 18.2 Å². The minimum atomic E-state index is -3.11. The minimum Gasteiger partial charge on any atom is -0.445 e. The monoisotopic (exact) mass is 435 g/mol. The van der Waals surface area contributed by atoms with Crippen molar-refractivity contribution in [3.05, 3.63) is 53.5 Å². The summed E-state index contributed by atoms with van der Waals surface area (Å²) in [4.78, 5) is 7.03. The summed E-state index contributed by atoms with van der Waals surface area (Å²) in [6.45, 7) is 5.21. The minimum absolute atomic E-state index is 0.195. The number of piperidine rings is 2. The predicted octanol–water partition coefficient (Wildman–Crippen LogP) is 3.18. The van der Waals surface area contributed by atoms with Crippen LogP contribution in [0.1, 0.15) is 49.8 Å². The Bertz CT molecular complexity index is 985. The van der Waals surface area contributed by atoms with Crippen LogP contribution in [0.15, 0.2) is 34.9 Å². The van der Waals surface area contributed by atoms with E-state index in [1.54, 1.807) is 22.6 Å². The summed E-state index contributed by atoms with van der Waals surface area (Å²) in [6.07, 6.45) is 7.15. The van der Waals surface area contributed by atoms with Crippen LogP contribution in [-0.4, -0.2) is 61.1 Å². The van der Waals surface area contributed by atoms with Gasteiger partial charge in [0.25, 0.3) is 0 Å². The molecule has 0 amide bonds. The first kappa shape index (κ1) is 21.5. The van der Waals surface area contributed by atoms with E-state index < -0.39 is 10.0 Å². The number of likely N-dealkylation sites (tertiary alicyclic amines) is 1. The maximum atomic E-state index is 14.0. The fourth-order valence-corrected chi connectivity index (χ4v) is 5.68. The van der Waals surface area contributed by atoms with E-state index in [1.807, 2.05) is 6.07 Å². The Hall–Kier alpha value is -1.77. The highest BCUT2D eigenvalue weighted by molar-refractivity contribution is 7.88. The first-order valence-electron chi connectivity index (χ1n) is 10.6. The van der Waals surface area contributed by atoms with Crippen LogP contribution < -0.4 is 0 Å². The predicted molar refractivity (Wildman–Crippen MR) is 113 cm³/mol. The fraction of sp³-hybridized carbons (Fsp3) is 0.591. The van der Waals surface area contributed by atoms with Gasteiger partial charge < -0.3 is 4.42 Å². The molecule has 2 aliphatic heterocycles. The number of hydrogen-bond donors (Lipinski definition) is 0. The van der Waals surface area contributed by atoms with Crippen molar-refractivity contribution in [2.45, 2.75) is 50.5 Å². The van der Waals surface area contributed by atoms with Crippen LogP contribution in [0.5, 0.6) is 0 Å². The maximum Gasteiger partial charge on any atom is 0.211 e. The Kier molecular flexibility index (Phi) is 6.01. The number of rotatable bonds is 5. The topological polar surface area (TPSA) is 66.7 Å². The lowest BCUT2D eigenvalue weighted by atomic mass is 9.80. The SMILES string of the molecule is C[C@]1(c2ncc(Cc3ccccc3F)o2)CCCN(C2CCN(S(C)(=O)=O)CC2)C1. The van der Waals surface area contributed by atoms with Crippen molar-refractivity contribution >= 4 is 10.0 Å². The van der Waals surface area contributed by atoms with Crippen LogP contribution in [0.25, 0.3) is 0 Å². The van der Waals surface area contributed by atoms with E-state index in [4.69, 9.17) is 4.42 Å². The average Bonchev–Trinajstić information content (AvgIpc) is 3.19. The standard InChI is InChI=1S/C22H30FN3O3S/c1-22(21-24-15-19(29-21)14-17-6-3-4-7-20(17)23)10-5-11-25(16-22)18-8-12-26(13-9-18)30(2,27)28/h3-4,6-7,15,18H,5,8-14,16H2,1-2H3/t22-/m0/s1. The Morgan fingerprint density at radius 3 is 2.67 bits per heavy atom. The number of oxazole rings is 1. The third-order valence-corrected chi connectivity index (χ3v) is 7.83. The van der Waals surface area contributed by atoms with Gasteiger partial charge in [0.1, 0.15) is 11.6 Å². The van der Waals surface area contributed by atoms with Crippen molar-refractivity contribution in [3.63, 3.8) is 0 Å². The highest BCUT2D eigenvalue weighted by Crippen LogP contribution is 2.36. The van der Waals surface area contributed by atoms with Crippen LogP contribution in [0.2, 0.25) is 0 Å². The normalized spacial score (nSPS) is 24.9. The molecule has 0 aliphatic carbocycles. The molecule has 1 aromatic carbocycles. The number of nitrogens with zero attached hydrogens (tertiary/aromatic N) is 3. The molecule has 2 fully saturated rings. The zero-order chi connectivity index (χ0) is 21.4. The molecule has 0 unspecified atom stereocenters. The Morgan fingerprint density at radius 1 is 1.23 bits per heavy atom.